The first-order valence-corrected chi connectivity index (χ1v) is 8.59. The van der Waals surface area contributed by atoms with Crippen molar-refractivity contribution in [3.05, 3.63) is 63.4 Å². The molecule has 0 amide bonds. The summed E-state index contributed by atoms with van der Waals surface area (Å²) in [6, 6.07) is 8.34. The highest BCUT2D eigenvalue weighted by Gasteiger charge is 2.38. The van der Waals surface area contributed by atoms with E-state index in [0.29, 0.717) is 23.0 Å². The first-order chi connectivity index (χ1) is 11.5. The lowest BCUT2D eigenvalue weighted by molar-refractivity contribution is -0.142. The van der Waals surface area contributed by atoms with Crippen LogP contribution in [0.4, 0.5) is 0 Å². The highest BCUT2D eigenvalue weighted by Crippen LogP contribution is 2.39. The molecule has 0 spiro atoms. The van der Waals surface area contributed by atoms with E-state index in [2.05, 4.69) is 4.98 Å². The van der Waals surface area contributed by atoms with E-state index in [4.69, 9.17) is 23.2 Å². The van der Waals surface area contributed by atoms with Gasteiger partial charge in [-0.25, -0.2) is 0 Å². The number of pyridine rings is 1. The van der Waals surface area contributed by atoms with Gasteiger partial charge in [-0.3, -0.25) is 14.7 Å². The van der Waals surface area contributed by atoms with Gasteiger partial charge in [-0.05, 0) is 49.1 Å². The molecule has 1 aliphatic rings. The molecule has 2 atom stereocenters. The lowest BCUT2D eigenvalue weighted by Crippen LogP contribution is -2.40. The lowest BCUT2D eigenvalue weighted by atomic mass is 9.97. The average molecular weight is 365 g/mol. The molecular formula is C18H18Cl2N2O2. The number of halogens is 2. The fourth-order valence-corrected chi connectivity index (χ4v) is 3.87. The predicted molar refractivity (Wildman–Crippen MR) is 94.6 cm³/mol. The van der Waals surface area contributed by atoms with Crippen molar-refractivity contribution in [3.8, 4) is 0 Å². The normalized spacial score (nSPS) is 19.4. The number of rotatable bonds is 4. The van der Waals surface area contributed by atoms with Crippen LogP contribution in [-0.4, -0.2) is 33.5 Å². The highest BCUT2D eigenvalue weighted by atomic mass is 35.5. The minimum atomic E-state index is -0.809. The smallest absolute Gasteiger partial charge is 0.320 e. The third-order valence-corrected chi connectivity index (χ3v) is 5.04. The molecule has 3 rings (SSSR count). The largest absolute Gasteiger partial charge is 0.480 e. The predicted octanol–water partition coefficient (Wildman–Crippen LogP) is 4.34. The Hall–Kier alpha value is -1.62. The van der Waals surface area contributed by atoms with Crippen molar-refractivity contribution in [1.29, 1.82) is 0 Å². The molecule has 0 bridgehead atoms. The maximum atomic E-state index is 11.7. The van der Waals surface area contributed by atoms with Crippen LogP contribution in [0, 0.1) is 6.92 Å². The van der Waals surface area contributed by atoms with Gasteiger partial charge in [0.2, 0.25) is 0 Å². The summed E-state index contributed by atoms with van der Waals surface area (Å²) in [5.41, 5.74) is 2.66. The number of carboxylic acids is 1. The Morgan fingerprint density at radius 3 is 2.83 bits per heavy atom. The Balaban J connectivity index is 2.14. The SMILES string of the molecule is Cc1cccnc1C(c1ccc(Cl)cc1Cl)N1CCCC1C(=O)O. The van der Waals surface area contributed by atoms with Crippen molar-refractivity contribution < 1.29 is 9.90 Å². The minimum absolute atomic E-state index is 0.306. The number of benzene rings is 1. The first kappa shape index (κ1) is 17.2. The van der Waals surface area contributed by atoms with Crippen molar-refractivity contribution >= 4 is 29.2 Å². The maximum absolute atomic E-state index is 11.7. The molecule has 2 unspecified atom stereocenters. The van der Waals surface area contributed by atoms with E-state index in [-0.39, 0.29) is 6.04 Å². The zero-order chi connectivity index (χ0) is 17.3. The summed E-state index contributed by atoms with van der Waals surface area (Å²) in [5.74, 6) is -0.809. The fraction of sp³-hybridized carbons (Fsp3) is 0.333. The summed E-state index contributed by atoms with van der Waals surface area (Å²) in [7, 11) is 0. The number of nitrogens with zero attached hydrogens (tertiary/aromatic N) is 2. The number of carboxylic acid groups (broad SMARTS) is 1. The molecule has 1 aliphatic heterocycles. The van der Waals surface area contributed by atoms with Gasteiger partial charge in [-0.1, -0.05) is 35.3 Å². The summed E-state index contributed by atoms with van der Waals surface area (Å²) in [6.45, 7) is 2.67. The molecule has 1 saturated heterocycles. The Labute approximate surface area is 151 Å². The van der Waals surface area contributed by atoms with Crippen LogP contribution < -0.4 is 0 Å². The molecule has 0 saturated carbocycles. The van der Waals surface area contributed by atoms with Crippen LogP contribution in [0.3, 0.4) is 0 Å². The zero-order valence-electron chi connectivity index (χ0n) is 13.2. The molecular weight excluding hydrogens is 347 g/mol. The van der Waals surface area contributed by atoms with Gasteiger partial charge >= 0.3 is 5.97 Å². The fourth-order valence-electron chi connectivity index (χ4n) is 3.35. The maximum Gasteiger partial charge on any atom is 0.320 e. The molecule has 126 valence electrons. The van der Waals surface area contributed by atoms with Crippen LogP contribution in [-0.2, 0) is 4.79 Å². The lowest BCUT2D eigenvalue weighted by Gasteiger charge is -2.32. The quantitative estimate of drug-likeness (QED) is 0.876. The van der Waals surface area contributed by atoms with E-state index < -0.39 is 12.0 Å². The van der Waals surface area contributed by atoms with Crippen molar-refractivity contribution in [2.75, 3.05) is 6.54 Å². The minimum Gasteiger partial charge on any atom is -0.480 e. The second-order valence-corrected chi connectivity index (χ2v) is 6.85. The van der Waals surface area contributed by atoms with Crippen LogP contribution in [0.2, 0.25) is 10.0 Å². The van der Waals surface area contributed by atoms with Crippen LogP contribution in [0.1, 0.15) is 35.7 Å². The number of hydrogen-bond donors (Lipinski definition) is 1. The van der Waals surface area contributed by atoms with E-state index in [0.717, 1.165) is 23.2 Å². The number of hydrogen-bond acceptors (Lipinski definition) is 3. The summed E-state index contributed by atoms with van der Waals surface area (Å²) >= 11 is 12.5. The van der Waals surface area contributed by atoms with Gasteiger partial charge in [0.1, 0.15) is 6.04 Å². The summed E-state index contributed by atoms with van der Waals surface area (Å²) in [6.07, 6.45) is 3.19. The standard InChI is InChI=1S/C18H18Cl2N2O2/c1-11-4-2-8-21-16(11)17(13-7-6-12(19)10-14(13)20)22-9-3-5-15(22)18(23)24/h2,4,6-8,10,15,17H,3,5,9H2,1H3,(H,23,24). The summed E-state index contributed by atoms with van der Waals surface area (Å²) < 4.78 is 0. The van der Waals surface area contributed by atoms with Gasteiger partial charge in [0.05, 0.1) is 11.7 Å². The van der Waals surface area contributed by atoms with Crippen LogP contribution in [0.5, 0.6) is 0 Å². The molecule has 1 fully saturated rings. The molecule has 2 heterocycles. The first-order valence-electron chi connectivity index (χ1n) is 7.84. The van der Waals surface area contributed by atoms with Crippen LogP contribution >= 0.6 is 23.2 Å². The number of aromatic nitrogens is 1. The molecule has 24 heavy (non-hydrogen) atoms. The van der Waals surface area contributed by atoms with E-state index in [1.807, 2.05) is 30.0 Å². The van der Waals surface area contributed by atoms with E-state index in [1.54, 1.807) is 18.3 Å². The van der Waals surface area contributed by atoms with Crippen LogP contribution in [0.15, 0.2) is 36.5 Å². The molecule has 0 aliphatic carbocycles. The Kier molecular flexibility index (Phi) is 5.09. The number of aliphatic carboxylic acids is 1. The third kappa shape index (κ3) is 3.27. The molecule has 1 N–H and O–H groups in total. The zero-order valence-corrected chi connectivity index (χ0v) is 14.8. The van der Waals surface area contributed by atoms with Crippen LogP contribution in [0.25, 0.3) is 0 Å². The van der Waals surface area contributed by atoms with Gasteiger partial charge in [0.15, 0.2) is 0 Å². The number of carbonyl (C=O) groups is 1. The molecule has 2 aromatic rings. The third-order valence-electron chi connectivity index (χ3n) is 4.48. The Morgan fingerprint density at radius 1 is 1.38 bits per heavy atom. The van der Waals surface area contributed by atoms with Gasteiger partial charge in [0, 0.05) is 22.8 Å². The van der Waals surface area contributed by atoms with Crippen molar-refractivity contribution in [3.63, 3.8) is 0 Å². The van der Waals surface area contributed by atoms with Gasteiger partial charge in [-0.2, -0.15) is 0 Å². The monoisotopic (exact) mass is 364 g/mol. The van der Waals surface area contributed by atoms with Gasteiger partial charge in [0.25, 0.3) is 0 Å². The van der Waals surface area contributed by atoms with Gasteiger partial charge in [-0.15, -0.1) is 0 Å². The summed E-state index contributed by atoms with van der Waals surface area (Å²) in [5, 5.41) is 10.7. The number of aryl methyl sites for hydroxylation is 1. The average Bonchev–Trinajstić information content (AvgIpc) is 3.01. The molecule has 6 heteroatoms. The van der Waals surface area contributed by atoms with Crippen molar-refractivity contribution in [2.45, 2.75) is 31.8 Å². The van der Waals surface area contributed by atoms with Crippen molar-refractivity contribution in [1.82, 2.24) is 9.88 Å². The van der Waals surface area contributed by atoms with E-state index in [9.17, 15) is 9.90 Å². The molecule has 4 nitrogen and oxygen atoms in total. The van der Waals surface area contributed by atoms with Gasteiger partial charge < -0.3 is 5.11 Å². The molecule has 1 aromatic carbocycles. The molecule has 1 aromatic heterocycles. The molecule has 0 radical (unpaired) electrons. The van der Waals surface area contributed by atoms with Crippen molar-refractivity contribution in [2.24, 2.45) is 0 Å². The number of likely N-dealkylation sites (tertiary alicyclic amines) is 1. The van der Waals surface area contributed by atoms with E-state index in [1.165, 1.54) is 0 Å². The second kappa shape index (κ2) is 7.09. The highest BCUT2D eigenvalue weighted by molar-refractivity contribution is 6.35. The second-order valence-electron chi connectivity index (χ2n) is 6.01. The Morgan fingerprint density at radius 2 is 2.17 bits per heavy atom. The summed E-state index contributed by atoms with van der Waals surface area (Å²) in [4.78, 5) is 18.2. The Bertz CT molecular complexity index is 766. The topological polar surface area (TPSA) is 53.4 Å². The van der Waals surface area contributed by atoms with E-state index >= 15 is 0 Å².